The maximum absolute atomic E-state index is 7.66. The molecule has 0 bridgehead atoms. The van der Waals surface area contributed by atoms with Gasteiger partial charge in [0.15, 0.2) is 5.90 Å². The quantitative estimate of drug-likeness (QED) is 0.672. The topological polar surface area (TPSA) is 46.0 Å². The van der Waals surface area contributed by atoms with E-state index in [2.05, 4.69) is 4.98 Å². The SMILES string of the molecule is CCOC(=N)Cc1cccc2ncccc12.Cl. The zero-order valence-electron chi connectivity index (χ0n) is 9.64. The highest BCUT2D eigenvalue weighted by Gasteiger charge is 2.04. The van der Waals surface area contributed by atoms with Crippen molar-refractivity contribution in [3.63, 3.8) is 0 Å². The number of benzene rings is 1. The van der Waals surface area contributed by atoms with Gasteiger partial charge in [0.05, 0.1) is 12.1 Å². The first-order chi connectivity index (χ1) is 7.81. The zero-order valence-corrected chi connectivity index (χ0v) is 10.5. The van der Waals surface area contributed by atoms with Gasteiger partial charge in [0.1, 0.15) is 0 Å². The molecule has 1 aromatic heterocycles. The van der Waals surface area contributed by atoms with Gasteiger partial charge in [0.2, 0.25) is 0 Å². The normalized spacial score (nSPS) is 9.71. The minimum Gasteiger partial charge on any atom is -0.481 e. The minimum atomic E-state index is 0. The van der Waals surface area contributed by atoms with Crippen molar-refractivity contribution in [2.75, 3.05) is 6.61 Å². The predicted molar refractivity (Wildman–Crippen MR) is 72.0 cm³/mol. The second-order valence-electron chi connectivity index (χ2n) is 3.52. The van der Waals surface area contributed by atoms with Crippen LogP contribution >= 0.6 is 12.4 Å². The maximum Gasteiger partial charge on any atom is 0.184 e. The fraction of sp³-hybridized carbons (Fsp3) is 0.231. The highest BCUT2D eigenvalue weighted by Crippen LogP contribution is 2.17. The number of hydrogen-bond acceptors (Lipinski definition) is 3. The lowest BCUT2D eigenvalue weighted by Crippen LogP contribution is -2.06. The van der Waals surface area contributed by atoms with Crippen molar-refractivity contribution in [2.45, 2.75) is 13.3 Å². The van der Waals surface area contributed by atoms with Gasteiger partial charge in [0.25, 0.3) is 0 Å². The Labute approximate surface area is 107 Å². The van der Waals surface area contributed by atoms with Crippen LogP contribution in [0.3, 0.4) is 0 Å². The number of fused-ring (bicyclic) bond motifs is 1. The molecule has 1 heterocycles. The zero-order chi connectivity index (χ0) is 11.4. The van der Waals surface area contributed by atoms with Crippen LogP contribution in [0.5, 0.6) is 0 Å². The third kappa shape index (κ3) is 3.17. The summed E-state index contributed by atoms with van der Waals surface area (Å²) in [6, 6.07) is 9.89. The highest BCUT2D eigenvalue weighted by molar-refractivity contribution is 5.87. The van der Waals surface area contributed by atoms with Crippen LogP contribution < -0.4 is 0 Å². The molecule has 0 saturated carbocycles. The van der Waals surface area contributed by atoms with E-state index >= 15 is 0 Å². The van der Waals surface area contributed by atoms with Gasteiger partial charge in [0, 0.05) is 18.0 Å². The molecule has 0 aliphatic heterocycles. The second kappa shape index (κ2) is 6.21. The first-order valence-corrected chi connectivity index (χ1v) is 5.34. The number of nitrogens with one attached hydrogen (secondary N) is 1. The Bertz CT molecular complexity index is 508. The average Bonchev–Trinajstić information content (AvgIpc) is 2.30. The van der Waals surface area contributed by atoms with Crippen molar-refractivity contribution in [2.24, 2.45) is 0 Å². The number of nitrogens with zero attached hydrogens (tertiary/aromatic N) is 1. The number of hydrogen-bond donors (Lipinski definition) is 1. The molecule has 0 unspecified atom stereocenters. The number of rotatable bonds is 3. The molecule has 17 heavy (non-hydrogen) atoms. The molecule has 0 fully saturated rings. The summed E-state index contributed by atoms with van der Waals surface area (Å²) in [6.07, 6.45) is 2.30. The van der Waals surface area contributed by atoms with Gasteiger partial charge in [-0.15, -0.1) is 12.4 Å². The molecule has 1 N–H and O–H groups in total. The standard InChI is InChI=1S/C13H14N2O.ClH/c1-2-16-13(14)9-10-5-3-7-12-11(10)6-4-8-15-12;/h3-8,14H,2,9H2,1H3;1H. The molecule has 1 aromatic carbocycles. The molecule has 0 aliphatic rings. The minimum absolute atomic E-state index is 0. The molecule has 0 atom stereocenters. The van der Waals surface area contributed by atoms with Crippen LogP contribution in [0, 0.1) is 5.41 Å². The van der Waals surface area contributed by atoms with Crippen LogP contribution in [0.4, 0.5) is 0 Å². The summed E-state index contributed by atoms with van der Waals surface area (Å²) in [4.78, 5) is 4.28. The first-order valence-electron chi connectivity index (χ1n) is 5.34. The van der Waals surface area contributed by atoms with E-state index in [1.165, 1.54) is 0 Å². The smallest absolute Gasteiger partial charge is 0.184 e. The lowest BCUT2D eigenvalue weighted by atomic mass is 10.1. The van der Waals surface area contributed by atoms with Crippen molar-refractivity contribution in [3.8, 4) is 0 Å². The van der Waals surface area contributed by atoms with Crippen LogP contribution in [0.15, 0.2) is 36.5 Å². The predicted octanol–water partition coefficient (Wildman–Crippen LogP) is 3.21. The van der Waals surface area contributed by atoms with Gasteiger partial charge in [-0.3, -0.25) is 10.4 Å². The lowest BCUT2D eigenvalue weighted by molar-refractivity contribution is 0.317. The number of halogens is 1. The Hall–Kier alpha value is -1.61. The molecule has 0 radical (unpaired) electrons. The molecular weight excluding hydrogens is 236 g/mol. The van der Waals surface area contributed by atoms with Gasteiger partial charge >= 0.3 is 0 Å². The van der Waals surface area contributed by atoms with Gasteiger partial charge < -0.3 is 4.74 Å². The van der Waals surface area contributed by atoms with E-state index in [1.807, 2.05) is 37.3 Å². The van der Waals surface area contributed by atoms with Crippen molar-refractivity contribution < 1.29 is 4.74 Å². The van der Waals surface area contributed by atoms with Crippen LogP contribution in [0.1, 0.15) is 12.5 Å². The summed E-state index contributed by atoms with van der Waals surface area (Å²) < 4.78 is 5.16. The van der Waals surface area contributed by atoms with Gasteiger partial charge in [-0.25, -0.2) is 0 Å². The van der Waals surface area contributed by atoms with E-state index in [9.17, 15) is 0 Å². The highest BCUT2D eigenvalue weighted by atomic mass is 35.5. The Morgan fingerprint density at radius 1 is 1.29 bits per heavy atom. The monoisotopic (exact) mass is 250 g/mol. The third-order valence-corrected chi connectivity index (χ3v) is 2.41. The number of ether oxygens (including phenoxy) is 1. The summed E-state index contributed by atoms with van der Waals surface area (Å²) in [6.45, 7) is 2.43. The Morgan fingerprint density at radius 2 is 2.12 bits per heavy atom. The summed E-state index contributed by atoms with van der Waals surface area (Å²) in [5.41, 5.74) is 2.05. The van der Waals surface area contributed by atoms with E-state index in [0.717, 1.165) is 16.5 Å². The van der Waals surface area contributed by atoms with Gasteiger partial charge in [-0.05, 0) is 24.6 Å². The van der Waals surface area contributed by atoms with E-state index < -0.39 is 0 Å². The molecule has 0 spiro atoms. The van der Waals surface area contributed by atoms with Crippen LogP contribution in [0.2, 0.25) is 0 Å². The molecule has 0 amide bonds. The van der Waals surface area contributed by atoms with Crippen molar-refractivity contribution >= 4 is 29.2 Å². The number of aromatic nitrogens is 1. The van der Waals surface area contributed by atoms with Crippen molar-refractivity contribution in [1.82, 2.24) is 4.98 Å². The fourth-order valence-electron chi connectivity index (χ4n) is 1.72. The van der Waals surface area contributed by atoms with E-state index in [-0.39, 0.29) is 12.4 Å². The summed E-state index contributed by atoms with van der Waals surface area (Å²) in [5, 5.41) is 8.75. The molecule has 2 aromatic rings. The molecule has 3 nitrogen and oxygen atoms in total. The van der Waals surface area contributed by atoms with E-state index in [0.29, 0.717) is 18.9 Å². The summed E-state index contributed by atoms with van der Waals surface area (Å²) in [7, 11) is 0. The van der Waals surface area contributed by atoms with Crippen LogP contribution in [-0.2, 0) is 11.2 Å². The summed E-state index contributed by atoms with van der Waals surface area (Å²) >= 11 is 0. The second-order valence-corrected chi connectivity index (χ2v) is 3.52. The van der Waals surface area contributed by atoms with Crippen LogP contribution in [-0.4, -0.2) is 17.5 Å². The molecular formula is C13H15ClN2O. The molecule has 4 heteroatoms. The van der Waals surface area contributed by atoms with Gasteiger partial charge in [-0.2, -0.15) is 0 Å². The first kappa shape index (κ1) is 13.5. The molecule has 0 saturated heterocycles. The average molecular weight is 251 g/mol. The van der Waals surface area contributed by atoms with Crippen molar-refractivity contribution in [1.29, 1.82) is 5.41 Å². The van der Waals surface area contributed by atoms with Crippen molar-refractivity contribution in [3.05, 3.63) is 42.1 Å². The van der Waals surface area contributed by atoms with E-state index in [1.54, 1.807) is 6.20 Å². The Balaban J connectivity index is 0.00000144. The summed E-state index contributed by atoms with van der Waals surface area (Å²) in [5.74, 6) is 0.304. The fourth-order valence-corrected chi connectivity index (χ4v) is 1.72. The number of pyridine rings is 1. The van der Waals surface area contributed by atoms with Gasteiger partial charge in [-0.1, -0.05) is 18.2 Å². The molecule has 0 aliphatic carbocycles. The molecule has 90 valence electrons. The van der Waals surface area contributed by atoms with E-state index in [4.69, 9.17) is 10.1 Å². The largest absolute Gasteiger partial charge is 0.481 e. The van der Waals surface area contributed by atoms with Crippen LogP contribution in [0.25, 0.3) is 10.9 Å². The maximum atomic E-state index is 7.66. The Kier molecular flexibility index (Phi) is 4.91. The lowest BCUT2D eigenvalue weighted by Gasteiger charge is -2.07. The Morgan fingerprint density at radius 3 is 2.88 bits per heavy atom. The third-order valence-electron chi connectivity index (χ3n) is 2.41. The molecule has 2 rings (SSSR count).